The van der Waals surface area contributed by atoms with Crippen LogP contribution in [0.25, 0.3) is 6.08 Å². The van der Waals surface area contributed by atoms with Gasteiger partial charge in [0.25, 0.3) is 5.91 Å². The standard InChI is InChI=1S/C14H16BrNO/c15-10-2-1-3-11-4-6-12(7-5-11)14(17)16-13-8-9-13/h1,3-7,13H,2,8-10H2,(H,16,17). The number of amides is 1. The fourth-order valence-corrected chi connectivity index (χ4v) is 1.79. The van der Waals surface area contributed by atoms with E-state index in [0.29, 0.717) is 6.04 Å². The zero-order valence-electron chi connectivity index (χ0n) is 9.66. The Hall–Kier alpha value is -1.09. The quantitative estimate of drug-likeness (QED) is 0.829. The van der Waals surface area contributed by atoms with Crippen LogP contribution in [0, 0.1) is 0 Å². The van der Waals surface area contributed by atoms with Crippen molar-refractivity contribution < 1.29 is 4.79 Å². The van der Waals surface area contributed by atoms with E-state index in [1.807, 2.05) is 24.3 Å². The average Bonchev–Trinajstić information content (AvgIpc) is 3.14. The summed E-state index contributed by atoms with van der Waals surface area (Å²) in [6, 6.07) is 8.14. The first-order valence-corrected chi connectivity index (χ1v) is 7.05. The van der Waals surface area contributed by atoms with Gasteiger partial charge < -0.3 is 5.32 Å². The summed E-state index contributed by atoms with van der Waals surface area (Å²) >= 11 is 3.38. The molecule has 1 aromatic rings. The Morgan fingerprint density at radius 2 is 2.06 bits per heavy atom. The molecule has 1 amide bonds. The Kier molecular flexibility index (Phi) is 4.37. The molecular weight excluding hydrogens is 278 g/mol. The van der Waals surface area contributed by atoms with Crippen molar-refractivity contribution in [3.63, 3.8) is 0 Å². The van der Waals surface area contributed by atoms with E-state index in [9.17, 15) is 4.79 Å². The average molecular weight is 294 g/mol. The zero-order chi connectivity index (χ0) is 12.1. The molecule has 1 aliphatic rings. The molecular formula is C14H16BrNO. The van der Waals surface area contributed by atoms with Crippen molar-refractivity contribution in [3.8, 4) is 0 Å². The lowest BCUT2D eigenvalue weighted by atomic mass is 10.1. The fourth-order valence-electron chi connectivity index (χ4n) is 1.52. The second kappa shape index (κ2) is 6.01. The number of rotatable bonds is 5. The lowest BCUT2D eigenvalue weighted by Crippen LogP contribution is -2.25. The molecule has 0 aliphatic heterocycles. The van der Waals surface area contributed by atoms with Crippen LogP contribution in [-0.4, -0.2) is 17.3 Å². The molecule has 0 bridgehead atoms. The van der Waals surface area contributed by atoms with Gasteiger partial charge in [0.15, 0.2) is 0 Å². The van der Waals surface area contributed by atoms with E-state index in [2.05, 4.69) is 33.4 Å². The number of hydrogen-bond acceptors (Lipinski definition) is 1. The smallest absolute Gasteiger partial charge is 0.251 e. The van der Waals surface area contributed by atoms with Crippen LogP contribution in [0.1, 0.15) is 35.2 Å². The molecule has 0 spiro atoms. The van der Waals surface area contributed by atoms with Crippen LogP contribution >= 0.6 is 15.9 Å². The predicted octanol–water partition coefficient (Wildman–Crippen LogP) is 3.38. The highest BCUT2D eigenvalue weighted by Crippen LogP contribution is 2.19. The third-order valence-electron chi connectivity index (χ3n) is 2.67. The van der Waals surface area contributed by atoms with Gasteiger partial charge in [-0.15, -0.1) is 0 Å². The molecule has 2 nitrogen and oxygen atoms in total. The number of nitrogens with one attached hydrogen (secondary N) is 1. The second-order valence-electron chi connectivity index (χ2n) is 4.25. The number of halogens is 1. The first-order valence-electron chi connectivity index (χ1n) is 5.93. The summed E-state index contributed by atoms with van der Waals surface area (Å²) in [6.45, 7) is 0. The van der Waals surface area contributed by atoms with Gasteiger partial charge in [-0.2, -0.15) is 0 Å². The zero-order valence-corrected chi connectivity index (χ0v) is 11.2. The van der Waals surface area contributed by atoms with Crippen molar-refractivity contribution >= 4 is 27.9 Å². The number of benzene rings is 1. The number of carbonyl (C=O) groups excluding carboxylic acids is 1. The number of alkyl halides is 1. The molecule has 90 valence electrons. The second-order valence-corrected chi connectivity index (χ2v) is 5.04. The number of hydrogen-bond donors (Lipinski definition) is 1. The summed E-state index contributed by atoms with van der Waals surface area (Å²) in [5.74, 6) is 0.0449. The molecule has 1 fully saturated rings. The van der Waals surface area contributed by atoms with Gasteiger partial charge in [0.1, 0.15) is 0 Å². The highest BCUT2D eigenvalue weighted by molar-refractivity contribution is 9.09. The first kappa shape index (κ1) is 12.4. The summed E-state index contributed by atoms with van der Waals surface area (Å²) in [5.41, 5.74) is 1.88. The topological polar surface area (TPSA) is 29.1 Å². The molecule has 3 heteroatoms. The van der Waals surface area contributed by atoms with Crippen LogP contribution in [0.3, 0.4) is 0 Å². The van der Waals surface area contributed by atoms with Gasteiger partial charge in [-0.3, -0.25) is 4.79 Å². The van der Waals surface area contributed by atoms with Crippen molar-refractivity contribution in [2.24, 2.45) is 0 Å². The lowest BCUT2D eigenvalue weighted by molar-refractivity contribution is 0.0951. The predicted molar refractivity (Wildman–Crippen MR) is 74.4 cm³/mol. The van der Waals surface area contributed by atoms with Gasteiger partial charge >= 0.3 is 0 Å². The molecule has 1 saturated carbocycles. The maximum Gasteiger partial charge on any atom is 0.251 e. The molecule has 1 N–H and O–H groups in total. The van der Waals surface area contributed by atoms with Gasteiger partial charge in [-0.25, -0.2) is 0 Å². The molecule has 17 heavy (non-hydrogen) atoms. The molecule has 0 radical (unpaired) electrons. The van der Waals surface area contributed by atoms with E-state index in [1.54, 1.807) is 0 Å². The van der Waals surface area contributed by atoms with E-state index < -0.39 is 0 Å². The maximum atomic E-state index is 11.7. The SMILES string of the molecule is O=C(NC1CC1)c1ccc(C=CCCBr)cc1. The number of allylic oxidation sites excluding steroid dienone is 1. The Bertz CT molecular complexity index is 407. The summed E-state index contributed by atoms with van der Waals surface area (Å²) in [4.78, 5) is 11.7. The van der Waals surface area contributed by atoms with Gasteiger partial charge in [0.2, 0.25) is 0 Å². The summed E-state index contributed by atoms with van der Waals surface area (Å²) in [6.07, 6.45) is 7.46. The van der Waals surface area contributed by atoms with Crippen molar-refractivity contribution in [2.45, 2.75) is 25.3 Å². The van der Waals surface area contributed by atoms with Crippen LogP contribution in [0.5, 0.6) is 0 Å². The monoisotopic (exact) mass is 293 g/mol. The van der Waals surface area contributed by atoms with E-state index >= 15 is 0 Å². The fraction of sp³-hybridized carbons (Fsp3) is 0.357. The van der Waals surface area contributed by atoms with Gasteiger partial charge in [0.05, 0.1) is 0 Å². The molecule has 1 aromatic carbocycles. The normalized spacial score (nSPS) is 15.1. The first-order chi connectivity index (χ1) is 8.29. The Balaban J connectivity index is 1.94. The maximum absolute atomic E-state index is 11.7. The van der Waals surface area contributed by atoms with Gasteiger partial charge in [0, 0.05) is 16.9 Å². The largest absolute Gasteiger partial charge is 0.349 e. The molecule has 2 rings (SSSR count). The third-order valence-corrected chi connectivity index (χ3v) is 3.13. The lowest BCUT2D eigenvalue weighted by Gasteiger charge is -2.03. The van der Waals surface area contributed by atoms with Crippen molar-refractivity contribution in [2.75, 3.05) is 5.33 Å². The molecule has 0 aromatic heterocycles. The van der Waals surface area contributed by atoms with Crippen LogP contribution in [0.2, 0.25) is 0 Å². The molecule has 0 heterocycles. The minimum Gasteiger partial charge on any atom is -0.349 e. The van der Waals surface area contributed by atoms with Gasteiger partial charge in [-0.1, -0.05) is 40.2 Å². The molecule has 0 atom stereocenters. The Morgan fingerprint density at radius 3 is 2.65 bits per heavy atom. The highest BCUT2D eigenvalue weighted by Gasteiger charge is 2.23. The summed E-state index contributed by atoms with van der Waals surface area (Å²) < 4.78 is 0. The van der Waals surface area contributed by atoms with Crippen molar-refractivity contribution in [1.29, 1.82) is 0 Å². The minimum atomic E-state index is 0.0449. The Morgan fingerprint density at radius 1 is 1.35 bits per heavy atom. The minimum absolute atomic E-state index is 0.0449. The summed E-state index contributed by atoms with van der Waals surface area (Å²) in [7, 11) is 0. The third kappa shape index (κ3) is 4.00. The molecule has 1 aliphatic carbocycles. The van der Waals surface area contributed by atoms with Crippen LogP contribution in [0.4, 0.5) is 0 Å². The Labute approximate surface area is 110 Å². The molecule has 0 saturated heterocycles. The van der Waals surface area contributed by atoms with Crippen molar-refractivity contribution in [3.05, 3.63) is 41.5 Å². The van der Waals surface area contributed by atoms with Crippen LogP contribution < -0.4 is 5.32 Å². The molecule has 0 unspecified atom stereocenters. The summed E-state index contributed by atoms with van der Waals surface area (Å²) in [5, 5.41) is 3.96. The van der Waals surface area contributed by atoms with E-state index in [0.717, 1.165) is 35.7 Å². The van der Waals surface area contributed by atoms with Gasteiger partial charge in [-0.05, 0) is 37.0 Å². The van der Waals surface area contributed by atoms with Crippen LogP contribution in [0.15, 0.2) is 30.3 Å². The van der Waals surface area contributed by atoms with E-state index in [4.69, 9.17) is 0 Å². The van der Waals surface area contributed by atoms with E-state index in [1.165, 1.54) is 0 Å². The van der Waals surface area contributed by atoms with Crippen LogP contribution in [-0.2, 0) is 0 Å². The highest BCUT2D eigenvalue weighted by atomic mass is 79.9. The number of carbonyl (C=O) groups is 1. The van der Waals surface area contributed by atoms with E-state index in [-0.39, 0.29) is 5.91 Å². The van der Waals surface area contributed by atoms with Crippen molar-refractivity contribution in [1.82, 2.24) is 5.32 Å².